The van der Waals surface area contributed by atoms with Gasteiger partial charge in [-0.15, -0.1) is 4.40 Å². The van der Waals surface area contributed by atoms with E-state index in [0.29, 0.717) is 16.9 Å². The second kappa shape index (κ2) is 9.66. The third kappa shape index (κ3) is 5.09. The van der Waals surface area contributed by atoms with Crippen molar-refractivity contribution in [1.29, 1.82) is 0 Å². The number of sulfonamides is 1. The van der Waals surface area contributed by atoms with E-state index < -0.39 is 16.0 Å². The van der Waals surface area contributed by atoms with Gasteiger partial charge in [-0.25, -0.2) is 9.80 Å². The van der Waals surface area contributed by atoms with E-state index in [1.807, 2.05) is 18.2 Å². The molecule has 0 atom stereocenters. The number of hydrogen-bond donors (Lipinski definition) is 0. The molecule has 0 unspecified atom stereocenters. The second-order valence-electron chi connectivity index (χ2n) is 7.03. The van der Waals surface area contributed by atoms with Crippen LogP contribution in [0.5, 0.6) is 5.75 Å². The van der Waals surface area contributed by atoms with E-state index in [1.165, 1.54) is 11.1 Å². The van der Waals surface area contributed by atoms with Gasteiger partial charge in [-0.2, -0.15) is 13.5 Å². The van der Waals surface area contributed by atoms with Crippen molar-refractivity contribution < 1.29 is 22.7 Å². The minimum atomic E-state index is -3.83. The first-order valence-electron chi connectivity index (χ1n) is 10.1. The first-order valence-corrected chi connectivity index (χ1v) is 11.5. The van der Waals surface area contributed by atoms with Crippen LogP contribution in [-0.2, 0) is 14.8 Å². The van der Waals surface area contributed by atoms with Gasteiger partial charge in [0.15, 0.2) is 5.84 Å². The molecule has 0 radical (unpaired) electrons. The van der Waals surface area contributed by atoms with Gasteiger partial charge in [-0.1, -0.05) is 30.3 Å². The molecular weight excluding hydrogens is 442 g/mol. The first-order chi connectivity index (χ1) is 16.0. The summed E-state index contributed by atoms with van der Waals surface area (Å²) in [6.07, 6.45) is 1.58. The zero-order valence-corrected chi connectivity index (χ0v) is 18.6. The zero-order chi connectivity index (χ0) is 23.3. The van der Waals surface area contributed by atoms with Crippen LogP contribution < -0.4 is 4.74 Å². The van der Waals surface area contributed by atoms with Gasteiger partial charge in [-0.05, 0) is 54.1 Å². The van der Waals surface area contributed by atoms with Crippen molar-refractivity contribution in [2.75, 3.05) is 20.3 Å². The molecule has 168 valence electrons. The molecule has 1 heterocycles. The summed E-state index contributed by atoms with van der Waals surface area (Å²) in [7, 11) is -2.25. The van der Waals surface area contributed by atoms with Crippen LogP contribution in [0.2, 0.25) is 0 Å². The van der Waals surface area contributed by atoms with Crippen molar-refractivity contribution in [1.82, 2.24) is 5.01 Å². The number of carbonyl (C=O) groups excluding carboxylic acids is 1. The molecule has 1 aliphatic heterocycles. The number of benzene rings is 3. The maximum Gasteiger partial charge on any atom is 0.338 e. The van der Waals surface area contributed by atoms with Crippen LogP contribution in [0.25, 0.3) is 0 Å². The maximum atomic E-state index is 12.5. The van der Waals surface area contributed by atoms with Crippen LogP contribution in [0.15, 0.2) is 93.3 Å². The lowest BCUT2D eigenvalue weighted by Gasteiger charge is -2.19. The highest BCUT2D eigenvalue weighted by molar-refractivity contribution is 7.90. The summed E-state index contributed by atoms with van der Waals surface area (Å²) in [5.74, 6) is 0.402. The van der Waals surface area contributed by atoms with Gasteiger partial charge in [0, 0.05) is 5.56 Å². The molecular formula is C24H21N3O5S. The predicted molar refractivity (Wildman–Crippen MR) is 124 cm³/mol. The lowest BCUT2D eigenvalue weighted by molar-refractivity contribution is 0.0487. The van der Waals surface area contributed by atoms with Gasteiger partial charge in [0.05, 0.1) is 25.4 Å². The average Bonchev–Trinajstić information content (AvgIpc) is 3.12. The van der Waals surface area contributed by atoms with E-state index in [2.05, 4.69) is 9.50 Å². The molecule has 1 aliphatic rings. The van der Waals surface area contributed by atoms with Gasteiger partial charge < -0.3 is 9.47 Å². The van der Waals surface area contributed by atoms with Crippen LogP contribution >= 0.6 is 0 Å². The standard InChI is InChI=1S/C24H21N3O5S/c1-31-20-13-11-18(12-14-20)17-25-27(15-16-32-24(28)19-7-3-2-4-8-19)23-21-9-5-6-10-22(21)33(29,30)26-23/h2-14,17H,15-16H2,1H3/b25-17-. The van der Waals surface area contributed by atoms with Crippen LogP contribution in [-0.4, -0.2) is 51.7 Å². The molecule has 0 saturated heterocycles. The highest BCUT2D eigenvalue weighted by Crippen LogP contribution is 2.27. The smallest absolute Gasteiger partial charge is 0.338 e. The number of hydrogen-bond acceptors (Lipinski definition) is 7. The third-order valence-corrected chi connectivity index (χ3v) is 6.19. The summed E-state index contributed by atoms with van der Waals surface area (Å²) in [6, 6.07) is 22.4. The van der Waals surface area contributed by atoms with Crippen LogP contribution in [0.3, 0.4) is 0 Å². The molecule has 0 bridgehead atoms. The first kappa shape index (κ1) is 22.2. The largest absolute Gasteiger partial charge is 0.497 e. The molecule has 4 rings (SSSR count). The fraction of sp³-hybridized carbons (Fsp3) is 0.125. The van der Waals surface area contributed by atoms with Crippen LogP contribution in [0.1, 0.15) is 21.5 Å². The van der Waals surface area contributed by atoms with E-state index in [0.717, 1.165) is 5.56 Å². The molecule has 0 aliphatic carbocycles. The monoisotopic (exact) mass is 463 g/mol. The number of fused-ring (bicyclic) bond motifs is 1. The molecule has 8 nitrogen and oxygen atoms in total. The minimum absolute atomic E-state index is 0.0189. The third-order valence-electron chi connectivity index (χ3n) is 4.86. The van der Waals surface area contributed by atoms with Crippen molar-refractivity contribution in [3.8, 4) is 5.75 Å². The fourth-order valence-corrected chi connectivity index (χ4v) is 4.41. The Balaban J connectivity index is 1.57. The topological polar surface area (TPSA) is 97.6 Å². The fourth-order valence-electron chi connectivity index (χ4n) is 3.20. The van der Waals surface area contributed by atoms with Crippen molar-refractivity contribution in [3.05, 3.63) is 95.6 Å². The molecule has 33 heavy (non-hydrogen) atoms. The maximum absolute atomic E-state index is 12.5. The van der Waals surface area contributed by atoms with Crippen molar-refractivity contribution in [2.45, 2.75) is 4.90 Å². The predicted octanol–water partition coefficient (Wildman–Crippen LogP) is 3.34. The Kier molecular flexibility index (Phi) is 6.50. The van der Waals surface area contributed by atoms with E-state index in [9.17, 15) is 13.2 Å². The number of ether oxygens (including phenoxy) is 2. The summed E-state index contributed by atoms with van der Waals surface area (Å²) in [6.45, 7) is 0.0861. The SMILES string of the molecule is COc1ccc(/C=N\N(CCOC(=O)c2ccccc2)C2=NS(=O)(=O)c3ccccc32)cc1. The molecule has 3 aromatic carbocycles. The average molecular weight is 464 g/mol. The van der Waals surface area contributed by atoms with Crippen LogP contribution in [0, 0.1) is 0 Å². The van der Waals surface area contributed by atoms with Gasteiger partial charge in [0.25, 0.3) is 10.0 Å². The number of rotatable bonds is 7. The highest BCUT2D eigenvalue weighted by Gasteiger charge is 2.31. The van der Waals surface area contributed by atoms with Gasteiger partial charge in [0.2, 0.25) is 0 Å². The Bertz CT molecular complexity index is 1300. The van der Waals surface area contributed by atoms with E-state index >= 15 is 0 Å². The summed E-state index contributed by atoms with van der Waals surface area (Å²) in [4.78, 5) is 12.4. The number of nitrogens with zero attached hydrogens (tertiary/aromatic N) is 3. The molecule has 0 N–H and O–H groups in total. The Morgan fingerprint density at radius 3 is 2.42 bits per heavy atom. The summed E-state index contributed by atoms with van der Waals surface area (Å²) in [5, 5.41) is 5.87. The molecule has 0 fully saturated rings. The van der Waals surface area contributed by atoms with E-state index in [-0.39, 0.29) is 23.9 Å². The highest BCUT2D eigenvalue weighted by atomic mass is 32.2. The lowest BCUT2D eigenvalue weighted by Crippen LogP contribution is -2.30. The lowest BCUT2D eigenvalue weighted by atomic mass is 10.2. The Hall–Kier alpha value is -3.98. The van der Waals surface area contributed by atoms with Gasteiger partial charge >= 0.3 is 5.97 Å². The quantitative estimate of drug-likeness (QED) is 0.303. The van der Waals surface area contributed by atoms with Crippen molar-refractivity contribution in [3.63, 3.8) is 0 Å². The molecule has 0 saturated carbocycles. The zero-order valence-electron chi connectivity index (χ0n) is 17.8. The normalized spacial score (nSPS) is 13.9. The van der Waals surface area contributed by atoms with E-state index in [1.54, 1.807) is 67.9 Å². The molecule has 0 amide bonds. The molecule has 3 aromatic rings. The number of amidine groups is 1. The minimum Gasteiger partial charge on any atom is -0.497 e. The van der Waals surface area contributed by atoms with E-state index in [4.69, 9.17) is 9.47 Å². The molecule has 9 heteroatoms. The van der Waals surface area contributed by atoms with Crippen molar-refractivity contribution >= 4 is 28.0 Å². The number of hydrazone groups is 1. The summed E-state index contributed by atoms with van der Waals surface area (Å²) in [5.41, 5.74) is 1.65. The van der Waals surface area contributed by atoms with Gasteiger partial charge in [0.1, 0.15) is 17.3 Å². The molecule has 0 spiro atoms. The second-order valence-corrected chi connectivity index (χ2v) is 8.60. The van der Waals surface area contributed by atoms with Crippen LogP contribution in [0.4, 0.5) is 0 Å². The van der Waals surface area contributed by atoms with Gasteiger partial charge in [-0.3, -0.25) is 0 Å². The number of esters is 1. The molecule has 0 aromatic heterocycles. The number of methoxy groups -OCH3 is 1. The summed E-state index contributed by atoms with van der Waals surface area (Å²) >= 11 is 0. The number of carbonyl (C=O) groups is 1. The Labute approximate surface area is 191 Å². The van der Waals surface area contributed by atoms with Crippen molar-refractivity contribution in [2.24, 2.45) is 9.50 Å². The summed E-state index contributed by atoms with van der Waals surface area (Å²) < 4.78 is 39.5. The Morgan fingerprint density at radius 2 is 1.70 bits per heavy atom. The Morgan fingerprint density at radius 1 is 1.00 bits per heavy atom.